The molecule has 0 N–H and O–H groups in total. The van der Waals surface area contributed by atoms with Gasteiger partial charge in [0.25, 0.3) is 0 Å². The molecular weight excluding hydrogens is 857 g/mol. The van der Waals surface area contributed by atoms with E-state index < -0.39 is 0 Å². The standard InChI is InChI=1S/C69H50N2/c1-4-19-47(5-2)54-39-55(48-20-9-6-10-21-48)43-59(41-54)68-62-27-16-15-26-61(62)67(58-42-56(49-22-11-7-12-23-49)40-57(44-58)52-31-30-46(3)38-52)63-37-36-53(45-64(63)68)50-32-34-51(35-33-50)69-70-65-28-17-18-29-66(65)71(69)60-24-13-8-14-25-60/h4-46H,1-2H2,3H3/b47-19+. The van der Waals surface area contributed by atoms with Crippen molar-refractivity contribution in [1.29, 1.82) is 0 Å². The summed E-state index contributed by atoms with van der Waals surface area (Å²) in [5.41, 5.74) is 20.4. The van der Waals surface area contributed by atoms with Crippen LogP contribution < -0.4 is 0 Å². The first-order valence-electron chi connectivity index (χ1n) is 24.4. The predicted octanol–water partition coefficient (Wildman–Crippen LogP) is 18.7. The van der Waals surface area contributed by atoms with Crippen molar-refractivity contribution < 1.29 is 0 Å². The Labute approximate surface area is 415 Å². The van der Waals surface area contributed by atoms with Gasteiger partial charge in [0, 0.05) is 11.3 Å². The minimum atomic E-state index is 0.381. The number of para-hydroxylation sites is 3. The van der Waals surface area contributed by atoms with E-state index >= 15 is 0 Å². The molecule has 1 heterocycles. The molecule has 336 valence electrons. The molecule has 0 bridgehead atoms. The molecule has 1 aliphatic carbocycles. The zero-order valence-corrected chi connectivity index (χ0v) is 39.6. The van der Waals surface area contributed by atoms with Gasteiger partial charge in [0.1, 0.15) is 5.82 Å². The van der Waals surface area contributed by atoms with Gasteiger partial charge < -0.3 is 0 Å². The first kappa shape index (κ1) is 43.2. The number of fused-ring (bicyclic) bond motifs is 3. The summed E-state index contributed by atoms with van der Waals surface area (Å²) < 4.78 is 2.26. The molecule has 12 rings (SSSR count). The van der Waals surface area contributed by atoms with E-state index in [-0.39, 0.29) is 0 Å². The average Bonchev–Trinajstić information content (AvgIpc) is 4.06. The normalized spacial score (nSPS) is 13.5. The Balaban J connectivity index is 1.12. The number of allylic oxidation sites excluding steroid dienone is 8. The molecule has 1 atom stereocenters. The lowest BCUT2D eigenvalue weighted by molar-refractivity contribution is 0.959. The molecule has 0 radical (unpaired) electrons. The Hall–Kier alpha value is -9.11. The maximum absolute atomic E-state index is 5.18. The van der Waals surface area contributed by atoms with E-state index in [0.717, 1.165) is 67.1 Å². The van der Waals surface area contributed by atoms with E-state index in [1.807, 2.05) is 18.2 Å². The van der Waals surface area contributed by atoms with Crippen LogP contribution in [0.5, 0.6) is 0 Å². The number of imidazole rings is 1. The van der Waals surface area contributed by atoms with E-state index in [9.17, 15) is 0 Å². The van der Waals surface area contributed by atoms with Crippen molar-refractivity contribution in [2.45, 2.75) is 6.92 Å². The first-order chi connectivity index (χ1) is 35.0. The number of benzene rings is 10. The number of rotatable bonds is 11. The molecule has 71 heavy (non-hydrogen) atoms. The molecule has 0 saturated heterocycles. The molecule has 0 amide bonds. The molecule has 1 unspecified atom stereocenters. The Morgan fingerprint density at radius 3 is 1.65 bits per heavy atom. The fourth-order valence-electron chi connectivity index (χ4n) is 10.6. The molecule has 2 heteroatoms. The SMILES string of the molecule is C=C/C=C(\C=C)c1cc(-c2ccccc2)cc(-c2c3ccccc3c(-c3cc(C4=CC(C)C=C4)cc(-c4ccccc4)c3)c3ccc(-c4ccc(-c5nc6ccccc6n5-c5ccccc5)cc4)cc23)c1. The van der Waals surface area contributed by atoms with Crippen LogP contribution in [0.25, 0.3) is 116 Å². The minimum absolute atomic E-state index is 0.381. The molecule has 2 nitrogen and oxygen atoms in total. The largest absolute Gasteiger partial charge is 0.292 e. The van der Waals surface area contributed by atoms with Gasteiger partial charge in [0.2, 0.25) is 0 Å². The number of hydrogen-bond donors (Lipinski definition) is 0. The Kier molecular flexibility index (Phi) is 11.2. The molecule has 1 aliphatic rings. The molecular formula is C69H50N2. The highest BCUT2D eigenvalue weighted by Gasteiger charge is 2.22. The van der Waals surface area contributed by atoms with E-state index in [1.54, 1.807) is 0 Å². The van der Waals surface area contributed by atoms with E-state index in [0.29, 0.717) is 5.92 Å². The zero-order valence-electron chi connectivity index (χ0n) is 39.6. The molecule has 0 saturated carbocycles. The van der Waals surface area contributed by atoms with Crippen molar-refractivity contribution in [3.05, 3.63) is 279 Å². The van der Waals surface area contributed by atoms with Crippen molar-refractivity contribution in [3.8, 4) is 72.7 Å². The summed E-state index contributed by atoms with van der Waals surface area (Å²) in [4.78, 5) is 5.18. The van der Waals surface area contributed by atoms with Crippen LogP contribution in [0.2, 0.25) is 0 Å². The minimum Gasteiger partial charge on any atom is -0.292 e. The third kappa shape index (κ3) is 8.06. The Bertz CT molecular complexity index is 3940. The molecule has 10 aromatic carbocycles. The van der Waals surface area contributed by atoms with Crippen LogP contribution in [0.3, 0.4) is 0 Å². The van der Waals surface area contributed by atoms with Crippen molar-refractivity contribution >= 4 is 43.7 Å². The maximum Gasteiger partial charge on any atom is 0.145 e. The van der Waals surface area contributed by atoms with Crippen LogP contribution in [-0.4, -0.2) is 9.55 Å². The summed E-state index contributed by atoms with van der Waals surface area (Å²) in [6.07, 6.45) is 12.8. The second-order valence-electron chi connectivity index (χ2n) is 18.5. The summed E-state index contributed by atoms with van der Waals surface area (Å²) in [7, 11) is 0. The predicted molar refractivity (Wildman–Crippen MR) is 303 cm³/mol. The van der Waals surface area contributed by atoms with Crippen LogP contribution in [0.15, 0.2) is 268 Å². The van der Waals surface area contributed by atoms with Crippen LogP contribution >= 0.6 is 0 Å². The summed E-state index contributed by atoms with van der Waals surface area (Å²) in [6, 6.07) is 79.5. The average molecular weight is 907 g/mol. The van der Waals surface area contributed by atoms with Gasteiger partial charge in [-0.05, 0) is 172 Å². The van der Waals surface area contributed by atoms with Gasteiger partial charge in [-0.2, -0.15) is 0 Å². The molecule has 0 aliphatic heterocycles. The smallest absolute Gasteiger partial charge is 0.145 e. The molecule has 11 aromatic rings. The maximum atomic E-state index is 5.18. The van der Waals surface area contributed by atoms with Gasteiger partial charge in [-0.3, -0.25) is 4.57 Å². The van der Waals surface area contributed by atoms with Gasteiger partial charge in [0.05, 0.1) is 11.0 Å². The van der Waals surface area contributed by atoms with Crippen molar-refractivity contribution in [3.63, 3.8) is 0 Å². The van der Waals surface area contributed by atoms with E-state index in [2.05, 4.69) is 261 Å². The highest BCUT2D eigenvalue weighted by atomic mass is 15.1. The highest BCUT2D eigenvalue weighted by molar-refractivity contribution is 6.22. The lowest BCUT2D eigenvalue weighted by Gasteiger charge is -2.21. The van der Waals surface area contributed by atoms with Crippen molar-refractivity contribution in [2.24, 2.45) is 5.92 Å². The van der Waals surface area contributed by atoms with Gasteiger partial charge >= 0.3 is 0 Å². The fraction of sp³-hybridized carbons (Fsp3) is 0.0290. The van der Waals surface area contributed by atoms with Gasteiger partial charge in [0.15, 0.2) is 0 Å². The van der Waals surface area contributed by atoms with E-state index in [4.69, 9.17) is 4.98 Å². The quantitative estimate of drug-likeness (QED) is 0.0934. The zero-order chi connectivity index (χ0) is 47.8. The third-order valence-corrected chi connectivity index (χ3v) is 13.9. The monoisotopic (exact) mass is 906 g/mol. The van der Waals surface area contributed by atoms with Gasteiger partial charge in [-0.25, -0.2) is 4.98 Å². The summed E-state index contributed by atoms with van der Waals surface area (Å²) in [5, 5.41) is 4.75. The second kappa shape index (κ2) is 18.4. The van der Waals surface area contributed by atoms with Crippen molar-refractivity contribution in [2.75, 3.05) is 0 Å². The summed E-state index contributed by atoms with van der Waals surface area (Å²) >= 11 is 0. The molecule has 1 aromatic heterocycles. The van der Waals surface area contributed by atoms with Crippen LogP contribution in [0, 0.1) is 5.92 Å². The second-order valence-corrected chi connectivity index (χ2v) is 18.5. The summed E-state index contributed by atoms with van der Waals surface area (Å²) in [5.74, 6) is 1.29. The Morgan fingerprint density at radius 1 is 0.465 bits per heavy atom. The van der Waals surface area contributed by atoms with E-state index in [1.165, 1.54) is 60.5 Å². The molecule has 0 fully saturated rings. The number of aromatic nitrogens is 2. The number of nitrogens with zero attached hydrogens (tertiary/aromatic N) is 2. The van der Waals surface area contributed by atoms with Gasteiger partial charge in [-0.1, -0.05) is 208 Å². The van der Waals surface area contributed by atoms with Crippen LogP contribution in [0.1, 0.15) is 18.1 Å². The first-order valence-corrected chi connectivity index (χ1v) is 24.4. The number of hydrogen-bond acceptors (Lipinski definition) is 1. The topological polar surface area (TPSA) is 17.8 Å². The van der Waals surface area contributed by atoms with Crippen LogP contribution in [0.4, 0.5) is 0 Å². The summed E-state index contributed by atoms with van der Waals surface area (Å²) in [6.45, 7) is 10.6. The van der Waals surface area contributed by atoms with Crippen LogP contribution in [-0.2, 0) is 0 Å². The van der Waals surface area contributed by atoms with Gasteiger partial charge in [-0.15, -0.1) is 0 Å². The highest BCUT2D eigenvalue weighted by Crippen LogP contribution is 2.47. The fourth-order valence-corrected chi connectivity index (χ4v) is 10.6. The molecule has 0 spiro atoms. The Morgan fingerprint density at radius 2 is 0.986 bits per heavy atom. The lowest BCUT2D eigenvalue weighted by atomic mass is 9.82. The third-order valence-electron chi connectivity index (χ3n) is 13.9. The lowest BCUT2D eigenvalue weighted by Crippen LogP contribution is -1.97. The van der Waals surface area contributed by atoms with Crippen molar-refractivity contribution in [1.82, 2.24) is 9.55 Å².